The molecule has 21 heavy (non-hydrogen) atoms. The van der Waals surface area contributed by atoms with Crippen LogP contribution in [0.2, 0.25) is 0 Å². The average molecular weight is 348 g/mol. The third-order valence-electron chi connectivity index (χ3n) is 3.24. The number of rotatable bonds is 4. The van der Waals surface area contributed by atoms with Crippen LogP contribution in [0.4, 0.5) is 5.69 Å². The number of nitrogens with one attached hydrogen (secondary N) is 1. The largest absolute Gasteiger partial charge is 0.337 e. The van der Waals surface area contributed by atoms with E-state index in [-0.39, 0.29) is 5.91 Å². The molecule has 0 saturated carbocycles. The molecule has 0 unspecified atom stereocenters. The first-order chi connectivity index (χ1) is 10.0. The van der Waals surface area contributed by atoms with Crippen molar-refractivity contribution in [2.24, 2.45) is 5.84 Å². The fourth-order valence-electron chi connectivity index (χ4n) is 2.11. The van der Waals surface area contributed by atoms with Crippen molar-refractivity contribution in [2.45, 2.75) is 13.5 Å². The second-order valence-electron chi connectivity index (χ2n) is 4.98. The molecule has 0 heterocycles. The molecule has 1 amide bonds. The zero-order valence-electron chi connectivity index (χ0n) is 12.1. The zero-order valence-corrected chi connectivity index (χ0v) is 13.6. The first-order valence-electron chi connectivity index (χ1n) is 6.58. The van der Waals surface area contributed by atoms with E-state index in [1.165, 1.54) is 0 Å². The number of benzene rings is 2. The van der Waals surface area contributed by atoms with Gasteiger partial charge in [-0.2, -0.15) is 0 Å². The minimum atomic E-state index is -0.0640. The van der Waals surface area contributed by atoms with Crippen LogP contribution in [0.15, 0.2) is 46.9 Å². The Hall–Kier alpha value is -1.85. The van der Waals surface area contributed by atoms with Crippen molar-refractivity contribution >= 4 is 27.5 Å². The molecule has 0 aliphatic carbocycles. The van der Waals surface area contributed by atoms with Crippen LogP contribution in [0.25, 0.3) is 0 Å². The minimum Gasteiger partial charge on any atom is -0.337 e. The molecule has 0 fully saturated rings. The maximum Gasteiger partial charge on any atom is 0.256 e. The van der Waals surface area contributed by atoms with Gasteiger partial charge >= 0.3 is 0 Å². The lowest BCUT2D eigenvalue weighted by molar-refractivity contribution is 0.0786. The number of hydrogen-bond donors (Lipinski definition) is 2. The van der Waals surface area contributed by atoms with Crippen LogP contribution in [0.1, 0.15) is 21.5 Å². The lowest BCUT2D eigenvalue weighted by atomic mass is 10.1. The van der Waals surface area contributed by atoms with Crippen molar-refractivity contribution in [3.05, 3.63) is 63.6 Å². The van der Waals surface area contributed by atoms with E-state index >= 15 is 0 Å². The lowest BCUT2D eigenvalue weighted by Gasteiger charge is -2.19. The van der Waals surface area contributed by atoms with Crippen LogP contribution in [-0.4, -0.2) is 17.9 Å². The van der Waals surface area contributed by atoms with Gasteiger partial charge in [0.2, 0.25) is 0 Å². The summed E-state index contributed by atoms with van der Waals surface area (Å²) in [5, 5.41) is 0. The minimum absolute atomic E-state index is 0.0640. The van der Waals surface area contributed by atoms with Crippen LogP contribution >= 0.6 is 15.9 Å². The van der Waals surface area contributed by atoms with Gasteiger partial charge in [-0.3, -0.25) is 10.6 Å². The van der Waals surface area contributed by atoms with E-state index < -0.39 is 0 Å². The molecule has 0 bridgehead atoms. The van der Waals surface area contributed by atoms with Gasteiger partial charge in [0.1, 0.15) is 0 Å². The normalized spacial score (nSPS) is 10.3. The first-order valence-corrected chi connectivity index (χ1v) is 7.37. The fourth-order valence-corrected chi connectivity index (χ4v) is 2.37. The Balaban J connectivity index is 2.17. The first kappa shape index (κ1) is 15.5. The Bertz CT molecular complexity index is 640. The predicted octanol–water partition coefficient (Wildman–Crippen LogP) is 3.32. The number of anilines is 1. The summed E-state index contributed by atoms with van der Waals surface area (Å²) < 4.78 is 1.02. The van der Waals surface area contributed by atoms with Gasteiger partial charge < -0.3 is 10.3 Å². The molecule has 110 valence electrons. The second kappa shape index (κ2) is 6.74. The molecule has 0 saturated heterocycles. The molecule has 2 rings (SSSR count). The standard InChI is InChI=1S/C16H18BrN3O/c1-11-3-8-14(15(9-11)19-18)16(21)20(2)10-12-4-6-13(17)7-5-12/h3-9,19H,10,18H2,1-2H3. The van der Waals surface area contributed by atoms with E-state index in [0.717, 1.165) is 15.6 Å². The molecule has 0 spiro atoms. The van der Waals surface area contributed by atoms with Gasteiger partial charge in [-0.1, -0.05) is 34.1 Å². The SMILES string of the molecule is Cc1ccc(C(=O)N(C)Cc2ccc(Br)cc2)c(NN)c1. The number of carbonyl (C=O) groups is 1. The van der Waals surface area contributed by atoms with Gasteiger partial charge in [0, 0.05) is 18.1 Å². The molecule has 2 aromatic rings. The molecular formula is C16H18BrN3O. The summed E-state index contributed by atoms with van der Waals surface area (Å²) in [4.78, 5) is 14.2. The molecule has 0 radical (unpaired) electrons. The van der Waals surface area contributed by atoms with Crippen molar-refractivity contribution in [1.82, 2.24) is 4.90 Å². The quantitative estimate of drug-likeness (QED) is 0.658. The summed E-state index contributed by atoms with van der Waals surface area (Å²) >= 11 is 3.40. The highest BCUT2D eigenvalue weighted by Crippen LogP contribution is 2.19. The number of nitrogen functional groups attached to an aromatic ring is 1. The van der Waals surface area contributed by atoms with Crippen LogP contribution in [0.3, 0.4) is 0 Å². The van der Waals surface area contributed by atoms with Crippen molar-refractivity contribution in [1.29, 1.82) is 0 Å². The molecule has 5 heteroatoms. The number of halogens is 1. The van der Waals surface area contributed by atoms with E-state index in [1.54, 1.807) is 18.0 Å². The van der Waals surface area contributed by atoms with Crippen LogP contribution in [-0.2, 0) is 6.54 Å². The van der Waals surface area contributed by atoms with Crippen molar-refractivity contribution < 1.29 is 4.79 Å². The summed E-state index contributed by atoms with van der Waals surface area (Å²) in [7, 11) is 1.78. The predicted molar refractivity (Wildman–Crippen MR) is 88.9 cm³/mol. The Morgan fingerprint density at radius 1 is 1.24 bits per heavy atom. The molecule has 2 aromatic carbocycles. The maximum absolute atomic E-state index is 12.5. The van der Waals surface area contributed by atoms with Crippen LogP contribution in [0, 0.1) is 6.92 Å². The van der Waals surface area contributed by atoms with Gasteiger partial charge in [-0.15, -0.1) is 0 Å². The highest BCUT2D eigenvalue weighted by atomic mass is 79.9. The summed E-state index contributed by atoms with van der Waals surface area (Å²) in [6.07, 6.45) is 0. The molecule has 0 aromatic heterocycles. The number of hydrogen-bond acceptors (Lipinski definition) is 3. The van der Waals surface area contributed by atoms with Crippen molar-refractivity contribution in [3.63, 3.8) is 0 Å². The number of nitrogens with zero attached hydrogens (tertiary/aromatic N) is 1. The zero-order chi connectivity index (χ0) is 15.4. The molecular weight excluding hydrogens is 330 g/mol. The number of carbonyl (C=O) groups excluding carboxylic acids is 1. The Morgan fingerprint density at radius 2 is 1.90 bits per heavy atom. The number of amides is 1. The second-order valence-corrected chi connectivity index (χ2v) is 5.90. The number of aryl methyl sites for hydroxylation is 1. The molecule has 3 N–H and O–H groups in total. The van der Waals surface area contributed by atoms with E-state index in [0.29, 0.717) is 17.8 Å². The number of nitrogens with two attached hydrogens (primary N) is 1. The smallest absolute Gasteiger partial charge is 0.256 e. The van der Waals surface area contributed by atoms with Crippen LogP contribution < -0.4 is 11.3 Å². The topological polar surface area (TPSA) is 58.4 Å². The van der Waals surface area contributed by atoms with Gasteiger partial charge in [-0.05, 0) is 42.3 Å². The summed E-state index contributed by atoms with van der Waals surface area (Å²) in [6.45, 7) is 2.50. The Morgan fingerprint density at radius 3 is 2.52 bits per heavy atom. The highest BCUT2D eigenvalue weighted by Gasteiger charge is 2.15. The van der Waals surface area contributed by atoms with Crippen molar-refractivity contribution in [3.8, 4) is 0 Å². The molecule has 0 aliphatic rings. The van der Waals surface area contributed by atoms with E-state index in [2.05, 4.69) is 21.4 Å². The summed E-state index contributed by atoms with van der Waals surface area (Å²) in [6, 6.07) is 13.5. The maximum atomic E-state index is 12.5. The van der Waals surface area contributed by atoms with E-state index in [4.69, 9.17) is 5.84 Å². The number of hydrazine groups is 1. The van der Waals surface area contributed by atoms with E-state index in [9.17, 15) is 4.79 Å². The van der Waals surface area contributed by atoms with Gasteiger partial charge in [-0.25, -0.2) is 0 Å². The summed E-state index contributed by atoms with van der Waals surface area (Å²) in [5.74, 6) is 5.44. The monoisotopic (exact) mass is 347 g/mol. The van der Waals surface area contributed by atoms with Gasteiger partial charge in [0.05, 0.1) is 11.3 Å². The average Bonchev–Trinajstić information content (AvgIpc) is 2.48. The highest BCUT2D eigenvalue weighted by molar-refractivity contribution is 9.10. The van der Waals surface area contributed by atoms with Crippen LogP contribution in [0.5, 0.6) is 0 Å². The van der Waals surface area contributed by atoms with Crippen molar-refractivity contribution in [2.75, 3.05) is 12.5 Å². The molecule has 0 atom stereocenters. The fraction of sp³-hybridized carbons (Fsp3) is 0.188. The van der Waals surface area contributed by atoms with E-state index in [1.807, 2.05) is 43.3 Å². The third-order valence-corrected chi connectivity index (χ3v) is 3.77. The Labute approximate surface area is 133 Å². The molecule has 4 nitrogen and oxygen atoms in total. The molecule has 0 aliphatic heterocycles. The van der Waals surface area contributed by atoms with Gasteiger partial charge in [0.25, 0.3) is 5.91 Å². The third kappa shape index (κ3) is 3.83. The lowest BCUT2D eigenvalue weighted by Crippen LogP contribution is -2.27. The Kier molecular flexibility index (Phi) is 4.98. The van der Waals surface area contributed by atoms with Gasteiger partial charge in [0.15, 0.2) is 0 Å². The summed E-state index contributed by atoms with van der Waals surface area (Å²) in [5.41, 5.74) is 5.93.